The van der Waals surface area contributed by atoms with E-state index in [4.69, 9.17) is 11.6 Å². The second kappa shape index (κ2) is 14.1. The number of nitrogens with two attached hydrogens (primary N) is 2. The van der Waals surface area contributed by atoms with Gasteiger partial charge < -0.3 is 26.1 Å². The highest BCUT2D eigenvalue weighted by molar-refractivity contribution is 5.91. The van der Waals surface area contributed by atoms with Crippen LogP contribution in [0.4, 0.5) is 17.6 Å². The van der Waals surface area contributed by atoms with Gasteiger partial charge in [0.15, 0.2) is 5.69 Å². The Bertz CT molecular complexity index is 1380. The Morgan fingerprint density at radius 2 is 1.98 bits per heavy atom. The number of pyridine rings is 1. The zero-order valence-electron chi connectivity index (χ0n) is 22.0. The number of alkyl halides is 3. The van der Waals surface area contributed by atoms with Gasteiger partial charge in [-0.25, -0.2) is 10.2 Å². The van der Waals surface area contributed by atoms with Crippen LogP contribution < -0.4 is 26.9 Å². The number of nitrogens with zero attached hydrogens (tertiary/aromatic N) is 5. The first-order chi connectivity index (χ1) is 19.4. The van der Waals surface area contributed by atoms with E-state index in [1.807, 2.05) is 19.1 Å². The molecule has 0 spiro atoms. The number of hydrogen-bond donors (Lipinski definition) is 4. The van der Waals surface area contributed by atoms with Crippen LogP contribution in [0.2, 0.25) is 0 Å². The molecule has 41 heavy (non-hydrogen) atoms. The van der Waals surface area contributed by atoms with Crippen LogP contribution in [-0.2, 0) is 24.3 Å². The number of unbranched alkanes of at least 4 members (excludes halogenated alkanes) is 1. The van der Waals surface area contributed by atoms with Gasteiger partial charge >= 0.3 is 6.36 Å². The number of carbonyl (C=O) groups excluding carboxylic acids is 2. The molecular formula is C25H29F4N9O3. The molecule has 6 N–H and O–H groups in total. The molecule has 0 unspecified atom stereocenters. The molecule has 0 bridgehead atoms. The molecule has 0 aliphatic carbocycles. The van der Waals surface area contributed by atoms with Crippen LogP contribution in [0, 0.1) is 12.7 Å². The van der Waals surface area contributed by atoms with E-state index in [2.05, 4.69) is 30.7 Å². The smallest absolute Gasteiger partial charge is 0.406 e. The van der Waals surface area contributed by atoms with E-state index in [-0.39, 0.29) is 29.5 Å². The summed E-state index contributed by atoms with van der Waals surface area (Å²) in [5.74, 6) is 3.05. The fourth-order valence-corrected chi connectivity index (χ4v) is 3.57. The summed E-state index contributed by atoms with van der Waals surface area (Å²) < 4.78 is 56.4. The van der Waals surface area contributed by atoms with Gasteiger partial charge in [0.25, 0.3) is 5.91 Å². The summed E-state index contributed by atoms with van der Waals surface area (Å²) >= 11 is 0. The lowest BCUT2D eigenvalue weighted by Gasteiger charge is -2.15. The molecule has 0 saturated heterocycles. The summed E-state index contributed by atoms with van der Waals surface area (Å²) in [6, 6.07) is 6.08. The van der Waals surface area contributed by atoms with Crippen molar-refractivity contribution in [1.82, 2.24) is 35.6 Å². The maximum absolute atomic E-state index is 13.9. The topological polar surface area (TPSA) is 166 Å². The molecule has 0 saturated carbocycles. The number of rotatable bonds is 13. The number of benzene rings is 1. The van der Waals surface area contributed by atoms with Crippen LogP contribution in [0.3, 0.4) is 0 Å². The third-order valence-electron chi connectivity index (χ3n) is 5.42. The minimum atomic E-state index is -4.95. The molecule has 3 aromatic rings. The zero-order chi connectivity index (χ0) is 30.0. The van der Waals surface area contributed by atoms with Gasteiger partial charge in [0.2, 0.25) is 5.91 Å². The number of amides is 2. The van der Waals surface area contributed by atoms with Gasteiger partial charge in [-0.15, -0.1) is 18.3 Å². The summed E-state index contributed by atoms with van der Waals surface area (Å²) in [5, 5.41) is 14.1. The van der Waals surface area contributed by atoms with Crippen molar-refractivity contribution >= 4 is 11.8 Å². The third kappa shape index (κ3) is 10.7. The van der Waals surface area contributed by atoms with Crippen LogP contribution in [-0.4, -0.2) is 49.7 Å². The number of hydrazine groups is 1. The van der Waals surface area contributed by atoms with Crippen molar-refractivity contribution in [1.29, 1.82) is 0 Å². The molecule has 12 nitrogen and oxygen atoms in total. The van der Waals surface area contributed by atoms with Gasteiger partial charge in [-0.2, -0.15) is 0 Å². The lowest BCUT2D eigenvalue weighted by Crippen LogP contribution is -2.34. The Balaban J connectivity index is 1.38. The lowest BCUT2D eigenvalue weighted by molar-refractivity contribution is -0.274. The zero-order valence-corrected chi connectivity index (χ0v) is 22.0. The van der Waals surface area contributed by atoms with Gasteiger partial charge in [-0.05, 0) is 55.7 Å². The summed E-state index contributed by atoms with van der Waals surface area (Å²) in [4.78, 5) is 28.7. The molecule has 2 aromatic heterocycles. The maximum atomic E-state index is 13.9. The third-order valence-corrected chi connectivity index (χ3v) is 5.42. The highest BCUT2D eigenvalue weighted by Gasteiger charge is 2.31. The van der Waals surface area contributed by atoms with Gasteiger partial charge in [0.05, 0.1) is 31.1 Å². The molecule has 3 rings (SSSR count). The van der Waals surface area contributed by atoms with Gasteiger partial charge in [0.1, 0.15) is 17.4 Å². The molecule has 220 valence electrons. The van der Waals surface area contributed by atoms with Crippen LogP contribution >= 0.6 is 0 Å². The largest absolute Gasteiger partial charge is 0.573 e. The Kier molecular flexibility index (Phi) is 10.6. The first-order valence-electron chi connectivity index (χ1n) is 12.3. The molecular weight excluding hydrogens is 550 g/mol. The number of ether oxygens (including phenoxy) is 1. The summed E-state index contributed by atoms with van der Waals surface area (Å²) in [5.41, 5.74) is 7.38. The fourth-order valence-electron chi connectivity index (χ4n) is 3.57. The Labute approximate surface area is 232 Å². The van der Waals surface area contributed by atoms with Crippen molar-refractivity contribution in [2.45, 2.75) is 45.6 Å². The van der Waals surface area contributed by atoms with Crippen LogP contribution in [0.25, 0.3) is 0 Å². The monoisotopic (exact) mass is 579 g/mol. The molecule has 1 aromatic carbocycles. The summed E-state index contributed by atoms with van der Waals surface area (Å²) in [6.45, 7) is 3.00. The first kappa shape index (κ1) is 30.8. The first-order valence-corrected chi connectivity index (χ1v) is 12.3. The molecule has 0 fully saturated rings. The highest BCUT2D eigenvalue weighted by Crippen LogP contribution is 2.25. The number of nitrogens with one attached hydrogen (secondary N) is 2. The van der Waals surface area contributed by atoms with Crippen LogP contribution in [0.5, 0.6) is 5.75 Å². The normalized spacial score (nSPS) is 11.7. The van der Waals surface area contributed by atoms with E-state index in [0.29, 0.717) is 25.9 Å². The van der Waals surface area contributed by atoms with Crippen molar-refractivity contribution in [2.24, 2.45) is 11.6 Å². The van der Waals surface area contributed by atoms with E-state index in [1.54, 1.807) is 6.20 Å². The predicted octanol–water partition coefficient (Wildman–Crippen LogP) is 2.02. The fraction of sp³-hybridized carbons (Fsp3) is 0.320. The minimum absolute atomic E-state index is 0.145. The quantitative estimate of drug-likeness (QED) is 0.103. The Hall–Kier alpha value is -4.73. The number of aryl methyl sites for hydroxylation is 2. The SMILES string of the molecule is Cc1ccnc(CNC(=O)c2cn(CCCCN(N)/C=C(\N)NC(=O)Cc3cc(OC(F)(F)F)ccc3F)nn2)c1. The predicted molar refractivity (Wildman–Crippen MR) is 137 cm³/mol. The standard InChI is InChI=1S/C25H29F4N9O3/c1-16-6-7-32-18(10-16)13-33-24(40)21-14-38(36-35-21)9-3-2-8-37(31)15-22(30)34-23(39)12-17-11-19(4-5-20(17)26)41-25(27,28)29/h4-7,10-11,14-15H,2-3,8-9,12-13,30-31H2,1H3,(H,33,40)(H,34,39)/b22-15+. The summed E-state index contributed by atoms with van der Waals surface area (Å²) in [6.07, 6.45) is 0.124. The average molecular weight is 580 g/mol. The van der Waals surface area contributed by atoms with Crippen molar-refractivity contribution in [3.8, 4) is 5.75 Å². The molecule has 0 radical (unpaired) electrons. The molecule has 0 aliphatic rings. The molecule has 0 atom stereocenters. The average Bonchev–Trinajstić information content (AvgIpc) is 3.35. The Morgan fingerprint density at radius 3 is 2.71 bits per heavy atom. The minimum Gasteiger partial charge on any atom is -0.406 e. The molecule has 16 heteroatoms. The second-order valence-corrected chi connectivity index (χ2v) is 8.93. The van der Waals surface area contributed by atoms with E-state index in [0.717, 1.165) is 29.5 Å². The van der Waals surface area contributed by atoms with E-state index >= 15 is 0 Å². The van der Waals surface area contributed by atoms with E-state index in [9.17, 15) is 27.2 Å². The van der Waals surface area contributed by atoms with Crippen molar-refractivity contribution in [3.05, 3.63) is 83.1 Å². The van der Waals surface area contributed by atoms with Crippen LogP contribution in [0.1, 0.15) is 40.2 Å². The highest BCUT2D eigenvalue weighted by atomic mass is 19.4. The Morgan fingerprint density at radius 1 is 1.20 bits per heavy atom. The summed E-state index contributed by atoms with van der Waals surface area (Å²) in [7, 11) is 0. The van der Waals surface area contributed by atoms with E-state index < -0.39 is 30.3 Å². The second-order valence-electron chi connectivity index (χ2n) is 8.93. The number of halogens is 4. The van der Waals surface area contributed by atoms with Gasteiger partial charge in [-0.1, -0.05) is 5.21 Å². The van der Waals surface area contributed by atoms with Crippen molar-refractivity contribution in [3.63, 3.8) is 0 Å². The van der Waals surface area contributed by atoms with Gasteiger partial charge in [0, 0.05) is 24.8 Å². The molecule has 2 heterocycles. The molecule has 2 amide bonds. The molecule has 0 aliphatic heterocycles. The maximum Gasteiger partial charge on any atom is 0.573 e. The van der Waals surface area contributed by atoms with Crippen molar-refractivity contribution in [2.75, 3.05) is 6.54 Å². The van der Waals surface area contributed by atoms with Gasteiger partial charge in [-0.3, -0.25) is 19.3 Å². The lowest BCUT2D eigenvalue weighted by atomic mass is 10.1. The number of aromatic nitrogens is 4. The van der Waals surface area contributed by atoms with Crippen molar-refractivity contribution < 1.29 is 31.9 Å². The number of carbonyl (C=O) groups is 2. The van der Waals surface area contributed by atoms with E-state index in [1.165, 1.54) is 22.1 Å². The van der Waals surface area contributed by atoms with Crippen LogP contribution in [0.15, 0.2) is 54.7 Å². The number of hydrogen-bond acceptors (Lipinski definition) is 9.